The number of likely N-dealkylation sites (tertiary alicyclic amines) is 1. The second-order valence-electron chi connectivity index (χ2n) is 4.09. The van der Waals surface area contributed by atoms with Gasteiger partial charge in [-0.3, -0.25) is 0 Å². The van der Waals surface area contributed by atoms with Crippen LogP contribution in [0.15, 0.2) is 6.07 Å². The number of halogens is 2. The van der Waals surface area contributed by atoms with Gasteiger partial charge in [0.25, 0.3) is 0 Å². The van der Waals surface area contributed by atoms with E-state index in [1.807, 2.05) is 6.07 Å². The lowest BCUT2D eigenvalue weighted by molar-refractivity contribution is 0.221. The fourth-order valence-electron chi connectivity index (χ4n) is 2.16. The summed E-state index contributed by atoms with van der Waals surface area (Å²) in [6.07, 6.45) is 2.25. The van der Waals surface area contributed by atoms with E-state index < -0.39 is 0 Å². The van der Waals surface area contributed by atoms with Gasteiger partial charge in [0.15, 0.2) is 0 Å². The van der Waals surface area contributed by atoms with E-state index in [-0.39, 0.29) is 5.28 Å². The minimum absolute atomic E-state index is 0.250. The second-order valence-corrected chi connectivity index (χ2v) is 4.82. The molecule has 0 atom stereocenters. The van der Waals surface area contributed by atoms with Crippen LogP contribution in [0.3, 0.4) is 0 Å². The van der Waals surface area contributed by atoms with Crippen LogP contribution in [0.2, 0.25) is 10.4 Å². The molecule has 5 heteroatoms. The van der Waals surface area contributed by atoms with E-state index in [0.717, 1.165) is 38.2 Å². The average molecular weight is 260 g/mol. The molecule has 0 amide bonds. The molecule has 16 heavy (non-hydrogen) atoms. The molecule has 0 N–H and O–H groups in total. The largest absolute Gasteiger partial charge is 0.304 e. The zero-order valence-electron chi connectivity index (χ0n) is 9.29. The summed E-state index contributed by atoms with van der Waals surface area (Å²) >= 11 is 11.7. The van der Waals surface area contributed by atoms with E-state index in [4.69, 9.17) is 23.2 Å². The predicted octanol–water partition coefficient (Wildman–Crippen LogP) is 2.98. The summed E-state index contributed by atoms with van der Waals surface area (Å²) in [5.74, 6) is 0.473. The number of aromatic nitrogens is 2. The van der Waals surface area contributed by atoms with Gasteiger partial charge in [-0.25, -0.2) is 9.97 Å². The molecule has 88 valence electrons. The molecular weight excluding hydrogens is 245 g/mol. The van der Waals surface area contributed by atoms with Crippen LogP contribution in [0.25, 0.3) is 0 Å². The fraction of sp³-hybridized carbons (Fsp3) is 0.636. The SMILES string of the molecule is CCN1CCC(c2cc(Cl)nc(Cl)n2)CC1. The highest BCUT2D eigenvalue weighted by Gasteiger charge is 2.21. The van der Waals surface area contributed by atoms with E-state index in [1.165, 1.54) is 0 Å². The zero-order chi connectivity index (χ0) is 11.5. The summed E-state index contributed by atoms with van der Waals surface area (Å²) in [5, 5.41) is 0.688. The number of nitrogens with zero attached hydrogens (tertiary/aromatic N) is 3. The van der Waals surface area contributed by atoms with Crippen molar-refractivity contribution < 1.29 is 0 Å². The van der Waals surface area contributed by atoms with Crippen LogP contribution >= 0.6 is 23.2 Å². The summed E-state index contributed by atoms with van der Waals surface area (Å²) in [4.78, 5) is 10.6. The fourth-order valence-corrected chi connectivity index (χ4v) is 2.58. The third-order valence-corrected chi connectivity index (χ3v) is 3.50. The van der Waals surface area contributed by atoms with E-state index in [1.54, 1.807) is 0 Å². The molecule has 0 unspecified atom stereocenters. The smallest absolute Gasteiger partial charge is 0.224 e. The van der Waals surface area contributed by atoms with Gasteiger partial charge >= 0.3 is 0 Å². The van der Waals surface area contributed by atoms with Crippen LogP contribution < -0.4 is 0 Å². The van der Waals surface area contributed by atoms with Crippen LogP contribution in [-0.4, -0.2) is 34.5 Å². The summed E-state index contributed by atoms with van der Waals surface area (Å²) < 4.78 is 0. The molecule has 0 bridgehead atoms. The van der Waals surface area contributed by atoms with Crippen LogP contribution in [0, 0.1) is 0 Å². The highest BCUT2D eigenvalue weighted by Crippen LogP contribution is 2.28. The molecule has 0 radical (unpaired) electrons. The van der Waals surface area contributed by atoms with Crippen molar-refractivity contribution in [3.8, 4) is 0 Å². The van der Waals surface area contributed by atoms with Crippen molar-refractivity contribution in [2.75, 3.05) is 19.6 Å². The van der Waals surface area contributed by atoms with Gasteiger partial charge in [0, 0.05) is 5.92 Å². The molecule has 0 saturated carbocycles. The van der Waals surface area contributed by atoms with Crippen LogP contribution in [0.5, 0.6) is 0 Å². The topological polar surface area (TPSA) is 29.0 Å². The van der Waals surface area contributed by atoms with Crippen molar-refractivity contribution in [3.63, 3.8) is 0 Å². The van der Waals surface area contributed by atoms with Gasteiger partial charge in [-0.05, 0) is 50.1 Å². The molecule has 1 aromatic heterocycles. The molecule has 2 rings (SSSR count). The lowest BCUT2D eigenvalue weighted by atomic mass is 9.93. The second kappa shape index (κ2) is 5.30. The van der Waals surface area contributed by atoms with Crippen LogP contribution in [0.1, 0.15) is 31.4 Å². The normalized spacial score (nSPS) is 18.9. The van der Waals surface area contributed by atoms with Crippen molar-refractivity contribution >= 4 is 23.2 Å². The van der Waals surface area contributed by atoms with Crippen molar-refractivity contribution in [3.05, 3.63) is 22.2 Å². The van der Waals surface area contributed by atoms with Gasteiger partial charge in [-0.1, -0.05) is 18.5 Å². The van der Waals surface area contributed by atoms with Gasteiger partial charge in [0.1, 0.15) is 5.15 Å². The van der Waals surface area contributed by atoms with Gasteiger partial charge in [0.05, 0.1) is 5.69 Å². The van der Waals surface area contributed by atoms with Crippen molar-refractivity contribution in [2.24, 2.45) is 0 Å². The lowest BCUT2D eigenvalue weighted by Crippen LogP contribution is -2.32. The van der Waals surface area contributed by atoms with Crippen LogP contribution in [0.4, 0.5) is 0 Å². The first-order chi connectivity index (χ1) is 7.69. The quantitative estimate of drug-likeness (QED) is 0.604. The maximum atomic E-state index is 5.88. The molecule has 0 spiro atoms. The first-order valence-corrected chi connectivity index (χ1v) is 6.37. The average Bonchev–Trinajstić information content (AvgIpc) is 2.28. The molecule has 1 saturated heterocycles. The Morgan fingerprint density at radius 1 is 1.31 bits per heavy atom. The van der Waals surface area contributed by atoms with E-state index >= 15 is 0 Å². The Bertz CT molecular complexity index is 342. The number of piperidine rings is 1. The number of hydrogen-bond donors (Lipinski definition) is 0. The maximum Gasteiger partial charge on any atom is 0.224 e. The molecule has 1 aliphatic rings. The summed E-state index contributed by atoms with van der Waals surface area (Å²) in [6.45, 7) is 5.57. The van der Waals surface area contributed by atoms with Gasteiger partial charge in [-0.2, -0.15) is 0 Å². The van der Waals surface area contributed by atoms with Gasteiger partial charge in [0.2, 0.25) is 5.28 Å². The van der Waals surface area contributed by atoms with E-state index in [0.29, 0.717) is 11.1 Å². The number of hydrogen-bond acceptors (Lipinski definition) is 3. The maximum absolute atomic E-state index is 5.88. The Hall–Kier alpha value is -0.380. The summed E-state index contributed by atoms with van der Waals surface area (Å²) in [6, 6.07) is 1.83. The lowest BCUT2D eigenvalue weighted by Gasteiger charge is -2.30. The molecule has 1 aliphatic heterocycles. The Balaban J connectivity index is 2.08. The molecule has 0 aromatic carbocycles. The third kappa shape index (κ3) is 2.84. The molecular formula is C11H15Cl2N3. The van der Waals surface area contributed by atoms with Crippen molar-refractivity contribution in [1.29, 1.82) is 0 Å². The highest BCUT2D eigenvalue weighted by atomic mass is 35.5. The summed E-state index contributed by atoms with van der Waals surface area (Å²) in [5.41, 5.74) is 0.987. The van der Waals surface area contributed by atoms with E-state index in [9.17, 15) is 0 Å². The van der Waals surface area contributed by atoms with Gasteiger partial charge < -0.3 is 4.90 Å². The Labute approximate surface area is 106 Å². The monoisotopic (exact) mass is 259 g/mol. The summed E-state index contributed by atoms with van der Waals surface area (Å²) in [7, 11) is 0. The highest BCUT2D eigenvalue weighted by molar-refractivity contribution is 6.31. The van der Waals surface area contributed by atoms with Crippen molar-refractivity contribution in [1.82, 2.24) is 14.9 Å². The Kier molecular flexibility index (Phi) is 4.00. The molecule has 3 nitrogen and oxygen atoms in total. The van der Waals surface area contributed by atoms with Crippen LogP contribution in [-0.2, 0) is 0 Å². The Morgan fingerprint density at radius 2 is 2.00 bits per heavy atom. The molecule has 1 aromatic rings. The van der Waals surface area contributed by atoms with Gasteiger partial charge in [-0.15, -0.1) is 0 Å². The third-order valence-electron chi connectivity index (χ3n) is 3.14. The van der Waals surface area contributed by atoms with E-state index in [2.05, 4.69) is 21.8 Å². The predicted molar refractivity (Wildman–Crippen MR) is 66.1 cm³/mol. The number of rotatable bonds is 2. The minimum atomic E-state index is 0.250. The minimum Gasteiger partial charge on any atom is -0.304 e. The van der Waals surface area contributed by atoms with Crippen molar-refractivity contribution in [2.45, 2.75) is 25.7 Å². The Morgan fingerprint density at radius 3 is 2.56 bits per heavy atom. The first kappa shape index (κ1) is 12.1. The zero-order valence-corrected chi connectivity index (χ0v) is 10.8. The standard InChI is InChI=1S/C11H15Cl2N3/c1-2-16-5-3-8(4-6-16)9-7-10(12)15-11(13)14-9/h7-8H,2-6H2,1H3. The molecule has 2 heterocycles. The first-order valence-electron chi connectivity index (χ1n) is 5.61. The molecule has 0 aliphatic carbocycles. The molecule has 1 fully saturated rings.